The van der Waals surface area contributed by atoms with Gasteiger partial charge in [0.15, 0.2) is 0 Å². The molecule has 0 aromatic rings. The molecule has 0 heterocycles. The maximum absolute atomic E-state index is 6.09. The molecule has 0 bridgehead atoms. The van der Waals surface area contributed by atoms with E-state index in [1.807, 2.05) is 0 Å². The molecule has 2 nitrogen and oxygen atoms in total. The molecular formula is C14H29NO. The molecule has 0 aromatic heterocycles. The first-order chi connectivity index (χ1) is 7.37. The number of hydrogen-bond donors (Lipinski definition) is 1. The van der Waals surface area contributed by atoms with Gasteiger partial charge in [0, 0.05) is 12.1 Å². The van der Waals surface area contributed by atoms with Crippen molar-refractivity contribution < 1.29 is 4.74 Å². The summed E-state index contributed by atoms with van der Waals surface area (Å²) in [7, 11) is 0. The molecule has 16 heavy (non-hydrogen) atoms. The van der Waals surface area contributed by atoms with E-state index in [-0.39, 0.29) is 5.54 Å². The molecule has 1 saturated carbocycles. The van der Waals surface area contributed by atoms with Gasteiger partial charge in [0.05, 0.1) is 12.2 Å². The standard InChI is InChI=1S/C14H29NO/c1-11-7-6-8-13(9-11)16-12(2)10-15-14(3,4)5/h11-13,15H,6-10H2,1-5H3. The number of ether oxygens (including phenoxy) is 1. The van der Waals surface area contributed by atoms with E-state index >= 15 is 0 Å². The predicted octanol–water partition coefficient (Wildman–Crippen LogP) is 3.36. The Morgan fingerprint density at radius 1 is 1.31 bits per heavy atom. The molecule has 0 aromatic carbocycles. The summed E-state index contributed by atoms with van der Waals surface area (Å²) in [6.45, 7) is 12.1. The van der Waals surface area contributed by atoms with Crippen molar-refractivity contribution in [3.63, 3.8) is 0 Å². The molecule has 96 valence electrons. The summed E-state index contributed by atoms with van der Waals surface area (Å²) in [4.78, 5) is 0. The maximum Gasteiger partial charge on any atom is 0.0675 e. The number of hydrogen-bond acceptors (Lipinski definition) is 2. The van der Waals surface area contributed by atoms with Gasteiger partial charge < -0.3 is 10.1 Å². The smallest absolute Gasteiger partial charge is 0.0675 e. The molecular weight excluding hydrogens is 198 g/mol. The van der Waals surface area contributed by atoms with Crippen LogP contribution in [0, 0.1) is 5.92 Å². The number of nitrogens with one attached hydrogen (secondary N) is 1. The van der Waals surface area contributed by atoms with E-state index in [1.54, 1.807) is 0 Å². The van der Waals surface area contributed by atoms with Crippen molar-refractivity contribution in [3.05, 3.63) is 0 Å². The zero-order valence-corrected chi connectivity index (χ0v) is 11.7. The van der Waals surface area contributed by atoms with Crippen molar-refractivity contribution in [3.8, 4) is 0 Å². The van der Waals surface area contributed by atoms with Gasteiger partial charge in [0.25, 0.3) is 0 Å². The van der Waals surface area contributed by atoms with E-state index in [2.05, 4.69) is 39.9 Å². The third kappa shape index (κ3) is 5.86. The van der Waals surface area contributed by atoms with Crippen molar-refractivity contribution in [2.75, 3.05) is 6.54 Å². The average molecular weight is 227 g/mol. The molecule has 1 aliphatic carbocycles. The summed E-state index contributed by atoms with van der Waals surface area (Å²) >= 11 is 0. The van der Waals surface area contributed by atoms with Crippen molar-refractivity contribution >= 4 is 0 Å². The van der Waals surface area contributed by atoms with Crippen LogP contribution in [0.25, 0.3) is 0 Å². The van der Waals surface area contributed by atoms with E-state index in [0.29, 0.717) is 12.2 Å². The minimum atomic E-state index is 0.192. The van der Waals surface area contributed by atoms with Crippen LogP contribution in [0.4, 0.5) is 0 Å². The lowest BCUT2D eigenvalue weighted by molar-refractivity contribution is -0.0312. The molecule has 0 amide bonds. The molecule has 0 spiro atoms. The molecule has 1 N–H and O–H groups in total. The molecule has 0 aliphatic heterocycles. The Bertz CT molecular complexity index is 197. The largest absolute Gasteiger partial charge is 0.374 e. The molecule has 0 radical (unpaired) electrons. The number of rotatable bonds is 4. The highest BCUT2D eigenvalue weighted by atomic mass is 16.5. The van der Waals surface area contributed by atoms with Crippen molar-refractivity contribution in [1.29, 1.82) is 0 Å². The van der Waals surface area contributed by atoms with Gasteiger partial charge in [-0.25, -0.2) is 0 Å². The van der Waals surface area contributed by atoms with Crippen LogP contribution in [0.1, 0.15) is 60.3 Å². The van der Waals surface area contributed by atoms with Gasteiger partial charge in [0.1, 0.15) is 0 Å². The predicted molar refractivity (Wildman–Crippen MR) is 69.7 cm³/mol. The Morgan fingerprint density at radius 2 is 2.00 bits per heavy atom. The molecule has 1 rings (SSSR count). The second-order valence-electron chi connectivity index (χ2n) is 6.47. The molecule has 2 heteroatoms. The van der Waals surface area contributed by atoms with Gasteiger partial charge >= 0.3 is 0 Å². The first-order valence-corrected chi connectivity index (χ1v) is 6.77. The van der Waals surface area contributed by atoms with Gasteiger partial charge in [-0.3, -0.25) is 0 Å². The van der Waals surface area contributed by atoms with Crippen LogP contribution in [0.15, 0.2) is 0 Å². The molecule has 3 atom stereocenters. The lowest BCUT2D eigenvalue weighted by atomic mass is 9.88. The lowest BCUT2D eigenvalue weighted by Gasteiger charge is -2.31. The monoisotopic (exact) mass is 227 g/mol. The van der Waals surface area contributed by atoms with Crippen LogP contribution in [0.2, 0.25) is 0 Å². The second kappa shape index (κ2) is 6.02. The average Bonchev–Trinajstić information content (AvgIpc) is 2.14. The zero-order valence-electron chi connectivity index (χ0n) is 11.7. The summed E-state index contributed by atoms with van der Waals surface area (Å²) in [6.07, 6.45) is 6.05. The Hall–Kier alpha value is -0.0800. The van der Waals surface area contributed by atoms with Gasteiger partial charge in [-0.1, -0.05) is 19.8 Å². The highest BCUT2D eigenvalue weighted by Crippen LogP contribution is 2.26. The maximum atomic E-state index is 6.09. The third-order valence-corrected chi connectivity index (χ3v) is 3.23. The molecule has 1 aliphatic rings. The fourth-order valence-corrected chi connectivity index (χ4v) is 2.33. The van der Waals surface area contributed by atoms with Crippen molar-refractivity contribution in [2.45, 2.75) is 78.0 Å². The van der Waals surface area contributed by atoms with Crippen LogP contribution in [-0.2, 0) is 4.74 Å². The fourth-order valence-electron chi connectivity index (χ4n) is 2.33. The van der Waals surface area contributed by atoms with Crippen LogP contribution >= 0.6 is 0 Å². The second-order valence-corrected chi connectivity index (χ2v) is 6.47. The zero-order chi connectivity index (χ0) is 12.2. The summed E-state index contributed by atoms with van der Waals surface area (Å²) in [6, 6.07) is 0. The van der Waals surface area contributed by atoms with Crippen LogP contribution in [-0.4, -0.2) is 24.3 Å². The third-order valence-electron chi connectivity index (χ3n) is 3.23. The molecule has 0 saturated heterocycles. The van der Waals surface area contributed by atoms with E-state index < -0.39 is 0 Å². The quantitative estimate of drug-likeness (QED) is 0.795. The lowest BCUT2D eigenvalue weighted by Crippen LogP contribution is -2.42. The fraction of sp³-hybridized carbons (Fsp3) is 1.00. The van der Waals surface area contributed by atoms with Crippen LogP contribution < -0.4 is 5.32 Å². The van der Waals surface area contributed by atoms with Crippen molar-refractivity contribution in [1.82, 2.24) is 5.32 Å². The van der Waals surface area contributed by atoms with E-state index in [0.717, 1.165) is 12.5 Å². The summed E-state index contributed by atoms with van der Waals surface area (Å²) in [5.74, 6) is 0.849. The minimum Gasteiger partial charge on any atom is -0.374 e. The minimum absolute atomic E-state index is 0.192. The first kappa shape index (κ1) is 14.0. The van der Waals surface area contributed by atoms with Gasteiger partial charge in [-0.15, -0.1) is 0 Å². The Kier molecular flexibility index (Phi) is 5.26. The van der Waals surface area contributed by atoms with Gasteiger partial charge in [-0.05, 0) is 46.5 Å². The summed E-state index contributed by atoms with van der Waals surface area (Å²) in [5.41, 5.74) is 0.192. The normalized spacial score (nSPS) is 29.1. The first-order valence-electron chi connectivity index (χ1n) is 6.77. The van der Waals surface area contributed by atoms with E-state index in [4.69, 9.17) is 4.74 Å². The highest BCUT2D eigenvalue weighted by molar-refractivity contribution is 4.75. The van der Waals surface area contributed by atoms with Crippen LogP contribution in [0.5, 0.6) is 0 Å². The van der Waals surface area contributed by atoms with Crippen LogP contribution in [0.3, 0.4) is 0 Å². The SMILES string of the molecule is CC1CCCC(OC(C)CNC(C)(C)C)C1. The Morgan fingerprint density at radius 3 is 2.56 bits per heavy atom. The molecule has 1 fully saturated rings. The van der Waals surface area contributed by atoms with Gasteiger partial charge in [0.2, 0.25) is 0 Å². The molecule has 3 unspecified atom stereocenters. The van der Waals surface area contributed by atoms with Crippen molar-refractivity contribution in [2.24, 2.45) is 5.92 Å². The summed E-state index contributed by atoms with van der Waals surface area (Å²) < 4.78 is 6.09. The van der Waals surface area contributed by atoms with Gasteiger partial charge in [-0.2, -0.15) is 0 Å². The Balaban J connectivity index is 2.20. The topological polar surface area (TPSA) is 21.3 Å². The van der Waals surface area contributed by atoms with E-state index in [1.165, 1.54) is 25.7 Å². The highest BCUT2D eigenvalue weighted by Gasteiger charge is 2.21. The Labute approximate surface area is 101 Å². The van der Waals surface area contributed by atoms with E-state index in [9.17, 15) is 0 Å². The summed E-state index contributed by atoms with van der Waals surface area (Å²) in [5, 5.41) is 3.50.